The van der Waals surface area contributed by atoms with Crippen LogP contribution in [-0.4, -0.2) is 15.1 Å². The minimum Gasteiger partial charge on any atom is -0.398 e. The van der Waals surface area contributed by atoms with Gasteiger partial charge in [0.2, 0.25) is 0 Å². The molecule has 0 spiro atoms. The molecule has 0 aliphatic rings. The molecule has 15 heavy (non-hydrogen) atoms. The van der Waals surface area contributed by atoms with Crippen LogP contribution in [0.25, 0.3) is 10.9 Å². The number of nitrogens with two attached hydrogens (primary N) is 1. The first-order chi connectivity index (χ1) is 6.98. The van der Waals surface area contributed by atoms with E-state index in [0.29, 0.717) is 11.3 Å². The number of aliphatic hydroxyl groups is 1. The normalized spacial score (nSPS) is 11.9. The SMILES string of the molecule is CC(C)(O)c1cc2cncnc2cc1N. The molecule has 0 atom stereocenters. The molecule has 3 N–H and O–H groups in total. The van der Waals surface area contributed by atoms with E-state index in [9.17, 15) is 5.11 Å². The van der Waals surface area contributed by atoms with E-state index in [0.717, 1.165) is 10.9 Å². The number of hydrogen-bond donors (Lipinski definition) is 2. The summed E-state index contributed by atoms with van der Waals surface area (Å²) in [5.74, 6) is 0. The van der Waals surface area contributed by atoms with Gasteiger partial charge in [-0.3, -0.25) is 0 Å². The van der Waals surface area contributed by atoms with Crippen LogP contribution in [0, 0.1) is 0 Å². The third kappa shape index (κ3) is 1.76. The molecule has 0 saturated carbocycles. The summed E-state index contributed by atoms with van der Waals surface area (Å²) in [7, 11) is 0. The quantitative estimate of drug-likeness (QED) is 0.688. The van der Waals surface area contributed by atoms with E-state index in [1.807, 2.05) is 6.07 Å². The molecule has 0 unspecified atom stereocenters. The lowest BCUT2D eigenvalue weighted by Crippen LogP contribution is -2.17. The highest BCUT2D eigenvalue weighted by Crippen LogP contribution is 2.28. The fraction of sp³-hybridized carbons (Fsp3) is 0.273. The fourth-order valence-electron chi connectivity index (χ4n) is 1.58. The lowest BCUT2D eigenvalue weighted by Gasteiger charge is -2.20. The Bertz CT molecular complexity index is 503. The van der Waals surface area contributed by atoms with E-state index in [1.54, 1.807) is 26.1 Å². The Labute approximate surface area is 87.8 Å². The highest BCUT2D eigenvalue weighted by Gasteiger charge is 2.19. The van der Waals surface area contributed by atoms with Gasteiger partial charge in [0.15, 0.2) is 0 Å². The van der Waals surface area contributed by atoms with Crippen LogP contribution in [0.5, 0.6) is 0 Å². The Kier molecular flexibility index (Phi) is 2.08. The molecule has 0 aliphatic carbocycles. The Morgan fingerprint density at radius 2 is 2.07 bits per heavy atom. The van der Waals surface area contributed by atoms with Crippen molar-refractivity contribution >= 4 is 16.6 Å². The average molecular weight is 203 g/mol. The topological polar surface area (TPSA) is 72.0 Å². The van der Waals surface area contributed by atoms with Gasteiger partial charge in [-0.05, 0) is 26.0 Å². The van der Waals surface area contributed by atoms with Gasteiger partial charge in [-0.1, -0.05) is 0 Å². The molecule has 0 radical (unpaired) electrons. The number of nitrogen functional groups attached to an aromatic ring is 1. The van der Waals surface area contributed by atoms with Gasteiger partial charge in [-0.15, -0.1) is 0 Å². The van der Waals surface area contributed by atoms with Crippen LogP contribution in [-0.2, 0) is 5.60 Å². The zero-order chi connectivity index (χ0) is 11.1. The minimum absolute atomic E-state index is 0.550. The van der Waals surface area contributed by atoms with Crippen LogP contribution in [0.4, 0.5) is 5.69 Å². The molecule has 0 amide bonds. The molecule has 4 heteroatoms. The van der Waals surface area contributed by atoms with E-state index in [-0.39, 0.29) is 0 Å². The van der Waals surface area contributed by atoms with Crippen molar-refractivity contribution in [1.82, 2.24) is 9.97 Å². The first kappa shape index (κ1) is 9.86. The first-order valence-electron chi connectivity index (χ1n) is 4.70. The van der Waals surface area contributed by atoms with Crippen LogP contribution in [0.15, 0.2) is 24.7 Å². The highest BCUT2D eigenvalue weighted by atomic mass is 16.3. The second-order valence-corrected chi connectivity index (χ2v) is 4.08. The molecule has 78 valence electrons. The number of nitrogens with zero attached hydrogens (tertiary/aromatic N) is 2. The van der Waals surface area contributed by atoms with Crippen molar-refractivity contribution < 1.29 is 5.11 Å². The molecule has 4 nitrogen and oxygen atoms in total. The lowest BCUT2D eigenvalue weighted by atomic mass is 9.95. The molecule has 0 aliphatic heterocycles. The van der Waals surface area contributed by atoms with Crippen LogP contribution in [0.1, 0.15) is 19.4 Å². The maximum atomic E-state index is 9.91. The van der Waals surface area contributed by atoms with Gasteiger partial charge < -0.3 is 10.8 Å². The molecule has 2 rings (SSSR count). The first-order valence-corrected chi connectivity index (χ1v) is 4.70. The molecular weight excluding hydrogens is 190 g/mol. The third-order valence-corrected chi connectivity index (χ3v) is 2.34. The summed E-state index contributed by atoms with van der Waals surface area (Å²) < 4.78 is 0. The van der Waals surface area contributed by atoms with Gasteiger partial charge in [0.25, 0.3) is 0 Å². The Balaban J connectivity index is 2.73. The van der Waals surface area contributed by atoms with Crippen molar-refractivity contribution in [2.45, 2.75) is 19.4 Å². The number of fused-ring (bicyclic) bond motifs is 1. The summed E-state index contributed by atoms with van der Waals surface area (Å²) in [6.45, 7) is 3.41. The van der Waals surface area contributed by atoms with Crippen molar-refractivity contribution in [1.29, 1.82) is 0 Å². The second kappa shape index (κ2) is 3.17. The van der Waals surface area contributed by atoms with Gasteiger partial charge in [-0.25, -0.2) is 9.97 Å². The Hall–Kier alpha value is -1.68. The number of benzene rings is 1. The molecule has 0 saturated heterocycles. The van der Waals surface area contributed by atoms with E-state index in [4.69, 9.17) is 5.73 Å². The van der Waals surface area contributed by atoms with Crippen LogP contribution < -0.4 is 5.73 Å². The van der Waals surface area contributed by atoms with Crippen LogP contribution in [0.2, 0.25) is 0 Å². The molecular formula is C11H13N3O. The third-order valence-electron chi connectivity index (χ3n) is 2.34. The van der Waals surface area contributed by atoms with Crippen LogP contribution >= 0.6 is 0 Å². The standard InChI is InChI=1S/C11H13N3O/c1-11(2,15)8-3-7-5-13-6-14-10(7)4-9(8)12/h3-6,15H,12H2,1-2H3. The molecule has 1 aromatic heterocycles. The van der Waals surface area contributed by atoms with E-state index < -0.39 is 5.60 Å². The second-order valence-electron chi connectivity index (χ2n) is 4.08. The average Bonchev–Trinajstić information content (AvgIpc) is 2.15. The summed E-state index contributed by atoms with van der Waals surface area (Å²) in [5, 5.41) is 10.8. The molecule has 0 bridgehead atoms. The van der Waals surface area contributed by atoms with Crippen LogP contribution in [0.3, 0.4) is 0 Å². The maximum absolute atomic E-state index is 9.91. The summed E-state index contributed by atoms with van der Waals surface area (Å²) in [6, 6.07) is 3.58. The number of hydrogen-bond acceptors (Lipinski definition) is 4. The minimum atomic E-state index is -0.950. The van der Waals surface area contributed by atoms with Gasteiger partial charge in [0.1, 0.15) is 6.33 Å². The predicted octanol–water partition coefficient (Wildman–Crippen LogP) is 1.44. The van der Waals surface area contributed by atoms with Gasteiger partial charge in [0, 0.05) is 22.8 Å². The largest absolute Gasteiger partial charge is 0.398 e. The van der Waals surface area contributed by atoms with Gasteiger partial charge >= 0.3 is 0 Å². The van der Waals surface area contributed by atoms with Crippen molar-refractivity contribution in [2.24, 2.45) is 0 Å². The van der Waals surface area contributed by atoms with E-state index in [2.05, 4.69) is 9.97 Å². The summed E-state index contributed by atoms with van der Waals surface area (Å²) in [5.41, 5.74) is 6.94. The van der Waals surface area contributed by atoms with Crippen molar-refractivity contribution in [3.05, 3.63) is 30.2 Å². The van der Waals surface area contributed by atoms with E-state index in [1.165, 1.54) is 6.33 Å². The number of rotatable bonds is 1. The van der Waals surface area contributed by atoms with Crippen molar-refractivity contribution in [3.8, 4) is 0 Å². The summed E-state index contributed by atoms with van der Waals surface area (Å²) in [6.07, 6.45) is 3.18. The lowest BCUT2D eigenvalue weighted by molar-refractivity contribution is 0.0795. The fourth-order valence-corrected chi connectivity index (χ4v) is 1.58. The highest BCUT2D eigenvalue weighted by molar-refractivity contribution is 5.82. The number of aromatic nitrogens is 2. The maximum Gasteiger partial charge on any atom is 0.116 e. The summed E-state index contributed by atoms with van der Waals surface area (Å²) >= 11 is 0. The van der Waals surface area contributed by atoms with Crippen molar-refractivity contribution in [3.63, 3.8) is 0 Å². The predicted molar refractivity (Wildman–Crippen MR) is 59.2 cm³/mol. The monoisotopic (exact) mass is 203 g/mol. The zero-order valence-corrected chi connectivity index (χ0v) is 8.73. The number of anilines is 1. The Morgan fingerprint density at radius 3 is 2.73 bits per heavy atom. The van der Waals surface area contributed by atoms with Gasteiger partial charge in [-0.2, -0.15) is 0 Å². The Morgan fingerprint density at radius 1 is 1.33 bits per heavy atom. The zero-order valence-electron chi connectivity index (χ0n) is 8.73. The molecule has 0 fully saturated rings. The van der Waals surface area contributed by atoms with E-state index >= 15 is 0 Å². The molecule has 2 aromatic rings. The van der Waals surface area contributed by atoms with Crippen molar-refractivity contribution in [2.75, 3.05) is 5.73 Å². The molecule has 1 aromatic carbocycles. The smallest absolute Gasteiger partial charge is 0.116 e. The van der Waals surface area contributed by atoms with Gasteiger partial charge in [0.05, 0.1) is 11.1 Å². The summed E-state index contributed by atoms with van der Waals surface area (Å²) in [4.78, 5) is 8.02. The molecule has 1 heterocycles.